The first-order valence-electron chi connectivity index (χ1n) is 6.10. The number of anilines is 1. The predicted octanol–water partition coefficient (Wildman–Crippen LogP) is 2.30. The number of rotatable bonds is 3. The summed E-state index contributed by atoms with van der Waals surface area (Å²) in [4.78, 5) is 17.6. The van der Waals surface area contributed by atoms with Crippen molar-refractivity contribution in [3.05, 3.63) is 11.1 Å². The Labute approximate surface area is 106 Å². The van der Waals surface area contributed by atoms with E-state index in [1.807, 2.05) is 6.92 Å². The van der Waals surface area contributed by atoms with Gasteiger partial charge in [-0.15, -0.1) is 11.3 Å². The third-order valence-corrected chi connectivity index (χ3v) is 4.35. The minimum absolute atomic E-state index is 0.0500. The molecule has 1 fully saturated rings. The molecule has 0 aliphatic heterocycles. The third kappa shape index (κ3) is 2.66. The molecule has 17 heavy (non-hydrogen) atoms. The van der Waals surface area contributed by atoms with Crippen molar-refractivity contribution in [3.63, 3.8) is 0 Å². The van der Waals surface area contributed by atoms with E-state index in [1.165, 1.54) is 17.8 Å². The molecule has 0 saturated heterocycles. The SMILES string of the molecule is Cc1cnc(NC(=O)C2(CN)CCCCC2)s1. The fraction of sp³-hybridized carbons (Fsp3) is 0.667. The number of hydrogen-bond donors (Lipinski definition) is 2. The summed E-state index contributed by atoms with van der Waals surface area (Å²) in [6.45, 7) is 2.41. The van der Waals surface area contributed by atoms with Gasteiger partial charge in [0.25, 0.3) is 0 Å². The molecular formula is C12H19N3OS. The van der Waals surface area contributed by atoms with Crippen LogP contribution in [0.15, 0.2) is 6.20 Å². The van der Waals surface area contributed by atoms with Crippen LogP contribution in [0.25, 0.3) is 0 Å². The molecule has 0 unspecified atom stereocenters. The van der Waals surface area contributed by atoms with Crippen LogP contribution in [0.5, 0.6) is 0 Å². The van der Waals surface area contributed by atoms with E-state index in [4.69, 9.17) is 5.73 Å². The normalized spacial score (nSPS) is 18.9. The molecule has 1 saturated carbocycles. The number of nitrogens with zero attached hydrogens (tertiary/aromatic N) is 1. The summed E-state index contributed by atoms with van der Waals surface area (Å²) in [5.74, 6) is 0.0500. The highest BCUT2D eigenvalue weighted by molar-refractivity contribution is 7.15. The van der Waals surface area contributed by atoms with E-state index in [0.29, 0.717) is 11.7 Å². The van der Waals surface area contributed by atoms with Crippen molar-refractivity contribution in [2.45, 2.75) is 39.0 Å². The van der Waals surface area contributed by atoms with Crippen molar-refractivity contribution in [1.29, 1.82) is 0 Å². The summed E-state index contributed by atoms with van der Waals surface area (Å²) >= 11 is 1.51. The van der Waals surface area contributed by atoms with Gasteiger partial charge in [0.15, 0.2) is 5.13 Å². The van der Waals surface area contributed by atoms with Crippen molar-refractivity contribution in [1.82, 2.24) is 4.98 Å². The Balaban J connectivity index is 2.07. The van der Waals surface area contributed by atoms with Crippen LogP contribution in [0, 0.1) is 12.3 Å². The second kappa shape index (κ2) is 5.14. The maximum atomic E-state index is 12.3. The summed E-state index contributed by atoms with van der Waals surface area (Å²) in [5.41, 5.74) is 5.46. The Morgan fingerprint density at radius 2 is 2.24 bits per heavy atom. The van der Waals surface area contributed by atoms with E-state index in [1.54, 1.807) is 6.20 Å². The lowest BCUT2D eigenvalue weighted by molar-refractivity contribution is -0.126. The van der Waals surface area contributed by atoms with Gasteiger partial charge < -0.3 is 11.1 Å². The molecule has 1 amide bonds. The van der Waals surface area contributed by atoms with E-state index < -0.39 is 0 Å². The standard InChI is InChI=1S/C12H19N3OS/c1-9-7-14-11(17-9)15-10(16)12(8-13)5-3-2-4-6-12/h7H,2-6,8,13H2,1H3,(H,14,15,16). The van der Waals surface area contributed by atoms with Crippen molar-refractivity contribution < 1.29 is 4.79 Å². The molecule has 0 atom stereocenters. The molecule has 0 bridgehead atoms. The lowest BCUT2D eigenvalue weighted by Gasteiger charge is -2.34. The number of aromatic nitrogens is 1. The Hall–Kier alpha value is -0.940. The fourth-order valence-corrected chi connectivity index (χ4v) is 3.05. The summed E-state index contributed by atoms with van der Waals surface area (Å²) in [7, 11) is 0. The Morgan fingerprint density at radius 3 is 2.76 bits per heavy atom. The molecule has 1 aliphatic rings. The Kier molecular flexibility index (Phi) is 3.79. The molecule has 2 rings (SSSR count). The maximum absolute atomic E-state index is 12.3. The third-order valence-electron chi connectivity index (χ3n) is 3.52. The zero-order valence-corrected chi connectivity index (χ0v) is 11.0. The highest BCUT2D eigenvalue weighted by Gasteiger charge is 2.38. The molecule has 4 nitrogen and oxygen atoms in total. The molecule has 1 aliphatic carbocycles. The van der Waals surface area contributed by atoms with Crippen molar-refractivity contribution in [3.8, 4) is 0 Å². The smallest absolute Gasteiger partial charge is 0.233 e. The monoisotopic (exact) mass is 253 g/mol. The first kappa shape index (κ1) is 12.5. The minimum Gasteiger partial charge on any atom is -0.329 e. The predicted molar refractivity (Wildman–Crippen MR) is 70.1 cm³/mol. The summed E-state index contributed by atoms with van der Waals surface area (Å²) in [6.07, 6.45) is 6.99. The van der Waals surface area contributed by atoms with Gasteiger partial charge in [-0.1, -0.05) is 19.3 Å². The van der Waals surface area contributed by atoms with Gasteiger partial charge >= 0.3 is 0 Å². The molecule has 0 aromatic carbocycles. The van der Waals surface area contributed by atoms with Crippen LogP contribution in [-0.4, -0.2) is 17.4 Å². The van der Waals surface area contributed by atoms with Crippen LogP contribution in [0.4, 0.5) is 5.13 Å². The lowest BCUT2D eigenvalue weighted by atomic mass is 9.73. The van der Waals surface area contributed by atoms with E-state index in [0.717, 1.165) is 30.6 Å². The van der Waals surface area contributed by atoms with Crippen LogP contribution in [0.2, 0.25) is 0 Å². The number of amides is 1. The van der Waals surface area contributed by atoms with Gasteiger partial charge in [-0.3, -0.25) is 4.79 Å². The second-order valence-corrected chi connectivity index (χ2v) is 6.01. The average Bonchev–Trinajstić information content (AvgIpc) is 2.75. The number of nitrogens with two attached hydrogens (primary N) is 1. The van der Waals surface area contributed by atoms with Gasteiger partial charge in [-0.2, -0.15) is 0 Å². The number of carbonyl (C=O) groups is 1. The topological polar surface area (TPSA) is 68.0 Å². The zero-order valence-electron chi connectivity index (χ0n) is 10.2. The van der Waals surface area contributed by atoms with Crippen LogP contribution in [-0.2, 0) is 4.79 Å². The number of thiazole rings is 1. The molecule has 3 N–H and O–H groups in total. The molecule has 5 heteroatoms. The number of hydrogen-bond acceptors (Lipinski definition) is 4. The van der Waals surface area contributed by atoms with Crippen molar-refractivity contribution >= 4 is 22.4 Å². The largest absolute Gasteiger partial charge is 0.329 e. The van der Waals surface area contributed by atoms with Gasteiger partial charge in [0, 0.05) is 17.6 Å². The molecular weight excluding hydrogens is 234 g/mol. The van der Waals surface area contributed by atoms with Crippen molar-refractivity contribution in [2.75, 3.05) is 11.9 Å². The van der Waals surface area contributed by atoms with E-state index in [-0.39, 0.29) is 11.3 Å². The van der Waals surface area contributed by atoms with E-state index in [9.17, 15) is 4.79 Å². The molecule has 1 aromatic heterocycles. The number of carbonyl (C=O) groups excluding carboxylic acids is 1. The highest BCUT2D eigenvalue weighted by atomic mass is 32.1. The lowest BCUT2D eigenvalue weighted by Crippen LogP contribution is -2.43. The fourth-order valence-electron chi connectivity index (χ4n) is 2.39. The van der Waals surface area contributed by atoms with Gasteiger partial charge in [-0.05, 0) is 19.8 Å². The van der Waals surface area contributed by atoms with E-state index >= 15 is 0 Å². The van der Waals surface area contributed by atoms with Gasteiger partial charge in [-0.25, -0.2) is 4.98 Å². The van der Waals surface area contributed by atoms with Gasteiger partial charge in [0.1, 0.15) is 0 Å². The molecule has 0 radical (unpaired) electrons. The minimum atomic E-state index is -0.363. The first-order chi connectivity index (χ1) is 8.16. The molecule has 94 valence electrons. The zero-order chi connectivity index (χ0) is 12.3. The maximum Gasteiger partial charge on any atom is 0.233 e. The van der Waals surface area contributed by atoms with Crippen molar-refractivity contribution in [2.24, 2.45) is 11.1 Å². The number of nitrogens with one attached hydrogen (secondary N) is 1. The highest BCUT2D eigenvalue weighted by Crippen LogP contribution is 2.36. The number of aryl methyl sites for hydroxylation is 1. The van der Waals surface area contributed by atoms with Crippen LogP contribution < -0.4 is 11.1 Å². The second-order valence-electron chi connectivity index (χ2n) is 4.78. The Morgan fingerprint density at radius 1 is 1.53 bits per heavy atom. The summed E-state index contributed by atoms with van der Waals surface area (Å²) in [5, 5.41) is 3.60. The van der Waals surface area contributed by atoms with Crippen LogP contribution in [0.1, 0.15) is 37.0 Å². The first-order valence-corrected chi connectivity index (χ1v) is 6.92. The van der Waals surface area contributed by atoms with Gasteiger partial charge in [0.2, 0.25) is 5.91 Å². The molecule has 1 aromatic rings. The van der Waals surface area contributed by atoms with Crippen LogP contribution >= 0.6 is 11.3 Å². The van der Waals surface area contributed by atoms with E-state index in [2.05, 4.69) is 10.3 Å². The van der Waals surface area contributed by atoms with Gasteiger partial charge in [0.05, 0.1) is 5.41 Å². The summed E-state index contributed by atoms with van der Waals surface area (Å²) < 4.78 is 0. The van der Waals surface area contributed by atoms with Crippen LogP contribution in [0.3, 0.4) is 0 Å². The average molecular weight is 253 g/mol. The molecule has 1 heterocycles. The summed E-state index contributed by atoms with van der Waals surface area (Å²) in [6, 6.07) is 0. The Bertz CT molecular complexity index is 396. The molecule has 0 spiro atoms. The quantitative estimate of drug-likeness (QED) is 0.868.